The zero-order chi connectivity index (χ0) is 30.9. The molecule has 3 heteroatoms. The molecule has 0 spiro atoms. The lowest BCUT2D eigenvalue weighted by Crippen LogP contribution is -2.32. The predicted molar refractivity (Wildman–Crippen MR) is 187 cm³/mol. The normalized spacial score (nSPS) is 11.5. The van der Waals surface area contributed by atoms with E-state index in [1.807, 2.05) is 24.5 Å². The molecule has 1 heterocycles. The smallest absolute Gasteiger partial charge is 0.338 e. The Bertz CT molecular complexity index is 741. The second-order valence-corrected chi connectivity index (χ2v) is 13.0. The van der Waals surface area contributed by atoms with Gasteiger partial charge >= 0.3 is 5.97 Å². The molecule has 0 fully saturated rings. The van der Waals surface area contributed by atoms with Gasteiger partial charge in [0.15, 0.2) is 12.4 Å². The molecule has 0 aliphatic rings. The third-order valence-corrected chi connectivity index (χ3v) is 8.79. The van der Waals surface area contributed by atoms with Gasteiger partial charge < -0.3 is 4.74 Å². The second kappa shape index (κ2) is 31.8. The number of carbonyl (C=O) groups excluding carboxylic acids is 1. The van der Waals surface area contributed by atoms with Crippen LogP contribution in [0.5, 0.6) is 0 Å². The van der Waals surface area contributed by atoms with Gasteiger partial charge in [-0.25, -0.2) is 9.36 Å². The number of esters is 1. The summed E-state index contributed by atoms with van der Waals surface area (Å²) in [6.45, 7) is 6.13. The molecule has 0 atom stereocenters. The van der Waals surface area contributed by atoms with E-state index in [9.17, 15) is 4.79 Å². The van der Waals surface area contributed by atoms with E-state index in [-0.39, 0.29) is 5.97 Å². The number of aryl methyl sites for hydroxylation is 1. The molecule has 0 saturated heterocycles. The van der Waals surface area contributed by atoms with Gasteiger partial charge in [-0.3, -0.25) is 0 Å². The van der Waals surface area contributed by atoms with E-state index in [0.29, 0.717) is 12.2 Å². The number of hydrogen-bond donors (Lipinski definition) is 0. The van der Waals surface area contributed by atoms with Gasteiger partial charge in [0.05, 0.1) is 12.2 Å². The first-order valence-corrected chi connectivity index (χ1v) is 19.1. The number of carbonyl (C=O) groups is 1. The Labute approximate surface area is 268 Å². The van der Waals surface area contributed by atoms with Crippen molar-refractivity contribution in [1.29, 1.82) is 0 Å². The van der Waals surface area contributed by atoms with Crippen LogP contribution in [0.15, 0.2) is 36.7 Å². The maximum absolute atomic E-state index is 12.4. The molecule has 1 rings (SSSR count). The summed E-state index contributed by atoms with van der Waals surface area (Å²) in [4.78, 5) is 12.4. The molecule has 3 nitrogen and oxygen atoms in total. The fourth-order valence-electron chi connectivity index (χ4n) is 5.83. The third-order valence-electron chi connectivity index (χ3n) is 8.79. The maximum Gasteiger partial charge on any atom is 0.338 e. The molecule has 0 N–H and O–H groups in total. The van der Waals surface area contributed by atoms with Crippen molar-refractivity contribution in [2.75, 3.05) is 6.61 Å². The van der Waals surface area contributed by atoms with Crippen LogP contribution < -0.4 is 4.57 Å². The highest BCUT2D eigenvalue weighted by molar-refractivity contribution is 5.88. The molecule has 0 aliphatic carbocycles. The maximum atomic E-state index is 12.4. The van der Waals surface area contributed by atoms with E-state index >= 15 is 0 Å². The highest BCUT2D eigenvalue weighted by atomic mass is 16.5. The Morgan fingerprint density at radius 1 is 0.535 bits per heavy atom. The van der Waals surface area contributed by atoms with Gasteiger partial charge in [0.25, 0.3) is 0 Å². The number of aromatic nitrogens is 1. The van der Waals surface area contributed by atoms with Crippen LogP contribution in [0.1, 0.15) is 204 Å². The number of rotatable bonds is 32. The molecule has 0 unspecified atom stereocenters. The summed E-state index contributed by atoms with van der Waals surface area (Å²) in [6.07, 6.45) is 46.3. The van der Waals surface area contributed by atoms with Crippen molar-refractivity contribution in [2.24, 2.45) is 0 Å². The fourth-order valence-corrected chi connectivity index (χ4v) is 5.83. The standard InChI is InChI=1S/C40H72NO2/c1-3-5-7-9-11-13-15-17-19-20-21-23-25-27-29-31-35-41-36-33-39(34-37-41)40(42)43-38-32-30-28-26-24-22-18-16-14-12-10-8-6-4-2/h17,19,33-34,36-37H,3-16,18,20-32,35,38H2,1-2H3/q+1/b19-17+. The molecule has 0 bridgehead atoms. The second-order valence-electron chi connectivity index (χ2n) is 13.0. The minimum Gasteiger partial charge on any atom is -0.462 e. The lowest BCUT2D eigenvalue weighted by atomic mass is 10.0. The van der Waals surface area contributed by atoms with Gasteiger partial charge in [0.2, 0.25) is 0 Å². The van der Waals surface area contributed by atoms with Crippen molar-refractivity contribution in [1.82, 2.24) is 0 Å². The first-order chi connectivity index (χ1) is 21.3. The number of allylic oxidation sites excluding steroid dienone is 2. The van der Waals surface area contributed by atoms with Crippen molar-refractivity contribution in [2.45, 2.75) is 200 Å². The first-order valence-electron chi connectivity index (χ1n) is 19.1. The molecule has 1 aromatic rings. The topological polar surface area (TPSA) is 30.2 Å². The Morgan fingerprint density at radius 3 is 1.35 bits per heavy atom. The summed E-state index contributed by atoms with van der Waals surface area (Å²) in [6, 6.07) is 3.82. The largest absolute Gasteiger partial charge is 0.462 e. The SMILES string of the molecule is CCCCCCCC/C=C/CCCCCCCC[n+]1ccc(C(=O)OCCCCCCCCCCCCCCCC)cc1. The van der Waals surface area contributed by atoms with E-state index in [0.717, 1.165) is 19.4 Å². The minimum absolute atomic E-state index is 0.181. The summed E-state index contributed by atoms with van der Waals surface area (Å²) < 4.78 is 7.71. The van der Waals surface area contributed by atoms with E-state index < -0.39 is 0 Å². The monoisotopic (exact) mass is 599 g/mol. The van der Waals surface area contributed by atoms with Crippen molar-refractivity contribution in [3.8, 4) is 0 Å². The van der Waals surface area contributed by atoms with Crippen molar-refractivity contribution in [3.05, 3.63) is 42.2 Å². The quantitative estimate of drug-likeness (QED) is 0.0357. The third kappa shape index (κ3) is 26.5. The van der Waals surface area contributed by atoms with Crippen LogP contribution in [0.3, 0.4) is 0 Å². The van der Waals surface area contributed by atoms with Crippen LogP contribution in [-0.2, 0) is 11.3 Å². The van der Waals surface area contributed by atoms with Gasteiger partial charge in [0.1, 0.15) is 6.54 Å². The molecule has 0 aromatic carbocycles. The van der Waals surface area contributed by atoms with Crippen LogP contribution in [0.2, 0.25) is 0 Å². The first kappa shape index (κ1) is 39.4. The fraction of sp³-hybridized carbons (Fsp3) is 0.800. The number of hydrogen-bond acceptors (Lipinski definition) is 2. The average Bonchev–Trinajstić information content (AvgIpc) is 3.03. The molecule has 0 radical (unpaired) electrons. The van der Waals surface area contributed by atoms with Crippen LogP contribution in [-0.4, -0.2) is 12.6 Å². The van der Waals surface area contributed by atoms with Gasteiger partial charge in [0, 0.05) is 18.6 Å². The number of ether oxygens (including phenoxy) is 1. The Balaban J connectivity index is 1.90. The van der Waals surface area contributed by atoms with Gasteiger partial charge in [-0.05, 0) is 38.5 Å². The van der Waals surface area contributed by atoms with Crippen LogP contribution >= 0.6 is 0 Å². The van der Waals surface area contributed by atoms with Crippen LogP contribution in [0.4, 0.5) is 0 Å². The summed E-state index contributed by atoms with van der Waals surface area (Å²) in [7, 11) is 0. The lowest BCUT2D eigenvalue weighted by Gasteiger charge is -2.05. The summed E-state index contributed by atoms with van der Waals surface area (Å²) in [5, 5.41) is 0. The van der Waals surface area contributed by atoms with E-state index in [1.165, 1.54) is 167 Å². The molecule has 0 amide bonds. The molecule has 0 aliphatic heterocycles. The average molecular weight is 599 g/mol. The zero-order valence-corrected chi connectivity index (χ0v) is 28.9. The highest BCUT2D eigenvalue weighted by Crippen LogP contribution is 2.14. The summed E-state index contributed by atoms with van der Waals surface area (Å²) >= 11 is 0. The van der Waals surface area contributed by atoms with E-state index in [1.54, 1.807) is 0 Å². The Morgan fingerprint density at radius 2 is 0.907 bits per heavy atom. The van der Waals surface area contributed by atoms with Crippen LogP contribution in [0, 0.1) is 0 Å². The molecule has 1 aromatic heterocycles. The Kier molecular flexibility index (Phi) is 29.1. The van der Waals surface area contributed by atoms with Gasteiger partial charge in [-0.15, -0.1) is 0 Å². The van der Waals surface area contributed by atoms with E-state index in [2.05, 4.69) is 30.6 Å². The number of nitrogens with zero attached hydrogens (tertiary/aromatic N) is 1. The molecule has 0 saturated carbocycles. The zero-order valence-electron chi connectivity index (χ0n) is 28.9. The van der Waals surface area contributed by atoms with Gasteiger partial charge in [-0.2, -0.15) is 0 Å². The number of unbranched alkanes of at least 4 members (excludes halogenated alkanes) is 25. The molecule has 248 valence electrons. The molecular weight excluding hydrogens is 526 g/mol. The minimum atomic E-state index is -0.181. The highest BCUT2D eigenvalue weighted by Gasteiger charge is 2.09. The summed E-state index contributed by atoms with van der Waals surface area (Å²) in [5.41, 5.74) is 0.669. The Hall–Kier alpha value is -1.64. The van der Waals surface area contributed by atoms with Crippen molar-refractivity contribution in [3.63, 3.8) is 0 Å². The summed E-state index contributed by atoms with van der Waals surface area (Å²) in [5.74, 6) is -0.181. The van der Waals surface area contributed by atoms with Gasteiger partial charge in [-0.1, -0.05) is 161 Å². The van der Waals surface area contributed by atoms with Crippen molar-refractivity contribution >= 4 is 5.97 Å². The molecule has 43 heavy (non-hydrogen) atoms. The predicted octanol–water partition coefficient (Wildman–Crippen LogP) is 12.6. The van der Waals surface area contributed by atoms with E-state index in [4.69, 9.17) is 4.74 Å². The van der Waals surface area contributed by atoms with Crippen molar-refractivity contribution < 1.29 is 14.1 Å². The molecular formula is C40H72NO2+. The van der Waals surface area contributed by atoms with Crippen LogP contribution in [0.25, 0.3) is 0 Å². The number of pyridine rings is 1. The lowest BCUT2D eigenvalue weighted by molar-refractivity contribution is -0.697.